The van der Waals surface area contributed by atoms with E-state index in [9.17, 15) is 0 Å². The van der Waals surface area contributed by atoms with Crippen molar-refractivity contribution in [3.63, 3.8) is 0 Å². The molecule has 1 aromatic heterocycles. The second-order valence-electron chi connectivity index (χ2n) is 4.28. The zero-order valence-corrected chi connectivity index (χ0v) is 10.3. The molecule has 0 spiro atoms. The lowest BCUT2D eigenvalue weighted by Crippen LogP contribution is -2.33. The van der Waals surface area contributed by atoms with Crippen molar-refractivity contribution in [1.82, 2.24) is 9.97 Å². The highest BCUT2D eigenvalue weighted by atomic mass is 16.5. The molecule has 2 atom stereocenters. The first-order valence-corrected chi connectivity index (χ1v) is 6.09. The second-order valence-corrected chi connectivity index (χ2v) is 4.28. The molecule has 1 saturated carbocycles. The summed E-state index contributed by atoms with van der Waals surface area (Å²) in [5.41, 5.74) is 5.96. The molecule has 1 fully saturated rings. The van der Waals surface area contributed by atoms with E-state index in [0.29, 0.717) is 24.2 Å². The van der Waals surface area contributed by atoms with E-state index in [2.05, 4.69) is 9.97 Å². The maximum Gasteiger partial charge on any atom is 0.220 e. The molecule has 0 saturated heterocycles. The van der Waals surface area contributed by atoms with Gasteiger partial charge in [0.2, 0.25) is 11.8 Å². The first kappa shape index (κ1) is 12.1. The summed E-state index contributed by atoms with van der Waals surface area (Å²) in [5.74, 6) is 1.77. The van der Waals surface area contributed by atoms with Crippen LogP contribution in [0.3, 0.4) is 0 Å². The van der Waals surface area contributed by atoms with Gasteiger partial charge in [-0.1, -0.05) is 0 Å². The van der Waals surface area contributed by atoms with E-state index in [0.717, 1.165) is 19.3 Å². The second kappa shape index (κ2) is 5.31. The fraction of sp³-hybridized carbons (Fsp3) is 0.667. The first-order chi connectivity index (χ1) is 8.19. The molecule has 2 unspecified atom stereocenters. The van der Waals surface area contributed by atoms with E-state index in [1.54, 1.807) is 6.07 Å². The molecule has 94 valence electrons. The number of rotatable bonds is 4. The largest absolute Gasteiger partial charge is 0.478 e. The molecule has 17 heavy (non-hydrogen) atoms. The Hall–Kier alpha value is -1.36. The molecule has 5 nitrogen and oxygen atoms in total. The van der Waals surface area contributed by atoms with Crippen LogP contribution in [-0.4, -0.2) is 28.7 Å². The molecule has 5 heteroatoms. The summed E-state index contributed by atoms with van der Waals surface area (Å²) >= 11 is 0. The Morgan fingerprint density at radius 3 is 2.76 bits per heavy atom. The smallest absolute Gasteiger partial charge is 0.220 e. The van der Waals surface area contributed by atoms with E-state index in [4.69, 9.17) is 15.2 Å². The maximum absolute atomic E-state index is 5.96. The average molecular weight is 237 g/mol. The Kier molecular flexibility index (Phi) is 3.78. The van der Waals surface area contributed by atoms with Gasteiger partial charge in [-0.15, -0.1) is 0 Å². The van der Waals surface area contributed by atoms with Gasteiger partial charge in [0.1, 0.15) is 11.9 Å². The number of ether oxygens (including phenoxy) is 2. The van der Waals surface area contributed by atoms with Gasteiger partial charge in [0, 0.05) is 6.04 Å². The van der Waals surface area contributed by atoms with Crippen molar-refractivity contribution in [2.75, 3.05) is 6.61 Å². The molecule has 1 aliphatic carbocycles. The van der Waals surface area contributed by atoms with Crippen molar-refractivity contribution in [3.05, 3.63) is 11.9 Å². The monoisotopic (exact) mass is 237 g/mol. The van der Waals surface area contributed by atoms with E-state index in [-0.39, 0.29) is 12.1 Å². The molecule has 1 heterocycles. The van der Waals surface area contributed by atoms with Gasteiger partial charge in [-0.25, -0.2) is 0 Å². The highest BCUT2D eigenvalue weighted by molar-refractivity contribution is 5.21. The fourth-order valence-electron chi connectivity index (χ4n) is 2.05. The van der Waals surface area contributed by atoms with Crippen LogP contribution in [-0.2, 0) is 0 Å². The summed E-state index contributed by atoms with van der Waals surface area (Å²) in [6.45, 7) is 4.33. The third-order valence-electron chi connectivity index (χ3n) is 2.86. The predicted octanol–water partition coefficient (Wildman–Crippen LogP) is 1.44. The number of hydrogen-bond acceptors (Lipinski definition) is 5. The molecule has 1 aliphatic rings. The lowest BCUT2D eigenvalue weighted by atomic mass is 10.2. The van der Waals surface area contributed by atoms with Gasteiger partial charge in [0.15, 0.2) is 0 Å². The average Bonchev–Trinajstić information content (AvgIpc) is 2.64. The Morgan fingerprint density at radius 2 is 2.12 bits per heavy atom. The Balaban J connectivity index is 2.09. The number of nitrogens with two attached hydrogens (primary N) is 1. The minimum absolute atomic E-state index is 0.0683. The van der Waals surface area contributed by atoms with E-state index >= 15 is 0 Å². The van der Waals surface area contributed by atoms with Crippen LogP contribution in [0.2, 0.25) is 0 Å². The molecule has 2 N–H and O–H groups in total. The third kappa shape index (κ3) is 3.06. The normalized spacial score (nSPS) is 23.7. The number of nitrogens with zero attached hydrogens (tertiary/aromatic N) is 2. The minimum Gasteiger partial charge on any atom is -0.478 e. The number of aryl methyl sites for hydroxylation is 1. The minimum atomic E-state index is 0.0683. The van der Waals surface area contributed by atoms with Crippen molar-refractivity contribution in [3.8, 4) is 11.8 Å². The molecule has 0 radical (unpaired) electrons. The van der Waals surface area contributed by atoms with Gasteiger partial charge in [-0.2, -0.15) is 9.97 Å². The molecule has 0 aromatic carbocycles. The third-order valence-corrected chi connectivity index (χ3v) is 2.86. The molecule has 0 aliphatic heterocycles. The standard InChI is InChI=1S/C12H19N3O2/c1-3-16-11-7-12(15-8(2)14-11)17-10-6-4-5-9(10)13/h7,9-10H,3-6,13H2,1-2H3. The van der Waals surface area contributed by atoms with Crippen LogP contribution < -0.4 is 15.2 Å². The fourth-order valence-corrected chi connectivity index (χ4v) is 2.05. The lowest BCUT2D eigenvalue weighted by molar-refractivity contribution is 0.181. The van der Waals surface area contributed by atoms with Crippen LogP contribution in [0, 0.1) is 6.92 Å². The van der Waals surface area contributed by atoms with E-state index in [1.807, 2.05) is 13.8 Å². The molecule has 1 aromatic rings. The van der Waals surface area contributed by atoms with Crippen LogP contribution in [0.5, 0.6) is 11.8 Å². The van der Waals surface area contributed by atoms with Crippen molar-refractivity contribution < 1.29 is 9.47 Å². The Labute approximate surface area is 101 Å². The van der Waals surface area contributed by atoms with E-state index in [1.165, 1.54) is 0 Å². The molecule has 0 bridgehead atoms. The Bertz CT molecular complexity index is 384. The Morgan fingerprint density at radius 1 is 1.35 bits per heavy atom. The predicted molar refractivity (Wildman–Crippen MR) is 64.2 cm³/mol. The van der Waals surface area contributed by atoms with Crippen molar-refractivity contribution in [2.24, 2.45) is 5.73 Å². The van der Waals surface area contributed by atoms with Crippen LogP contribution in [0.15, 0.2) is 6.07 Å². The maximum atomic E-state index is 5.96. The van der Waals surface area contributed by atoms with Crippen molar-refractivity contribution in [2.45, 2.75) is 45.3 Å². The first-order valence-electron chi connectivity index (χ1n) is 6.09. The van der Waals surface area contributed by atoms with Crippen LogP contribution in [0.4, 0.5) is 0 Å². The molecular weight excluding hydrogens is 218 g/mol. The van der Waals surface area contributed by atoms with Gasteiger partial charge in [0.25, 0.3) is 0 Å². The van der Waals surface area contributed by atoms with Crippen molar-refractivity contribution >= 4 is 0 Å². The van der Waals surface area contributed by atoms with Gasteiger partial charge < -0.3 is 15.2 Å². The van der Waals surface area contributed by atoms with Gasteiger partial charge >= 0.3 is 0 Å². The molecule has 0 amide bonds. The summed E-state index contributed by atoms with van der Waals surface area (Å²) in [4.78, 5) is 8.42. The zero-order chi connectivity index (χ0) is 12.3. The summed E-state index contributed by atoms with van der Waals surface area (Å²) in [7, 11) is 0. The van der Waals surface area contributed by atoms with Gasteiger partial charge in [-0.05, 0) is 33.1 Å². The lowest BCUT2D eigenvalue weighted by Gasteiger charge is -2.17. The summed E-state index contributed by atoms with van der Waals surface area (Å²) in [6.07, 6.45) is 3.20. The number of hydrogen-bond donors (Lipinski definition) is 1. The molecule has 2 rings (SSSR count). The SMILES string of the molecule is CCOc1cc(OC2CCCC2N)nc(C)n1. The zero-order valence-electron chi connectivity index (χ0n) is 10.3. The highest BCUT2D eigenvalue weighted by Gasteiger charge is 2.26. The molecular formula is C12H19N3O2. The van der Waals surface area contributed by atoms with Crippen LogP contribution in [0.1, 0.15) is 32.0 Å². The quantitative estimate of drug-likeness (QED) is 0.858. The van der Waals surface area contributed by atoms with Crippen LogP contribution >= 0.6 is 0 Å². The van der Waals surface area contributed by atoms with Crippen molar-refractivity contribution in [1.29, 1.82) is 0 Å². The highest BCUT2D eigenvalue weighted by Crippen LogP contribution is 2.24. The summed E-state index contributed by atoms with van der Waals surface area (Å²) in [5, 5.41) is 0. The van der Waals surface area contributed by atoms with Crippen LogP contribution in [0.25, 0.3) is 0 Å². The van der Waals surface area contributed by atoms with Gasteiger partial charge in [-0.3, -0.25) is 0 Å². The topological polar surface area (TPSA) is 70.3 Å². The summed E-state index contributed by atoms with van der Waals surface area (Å²) < 4.78 is 11.2. The summed E-state index contributed by atoms with van der Waals surface area (Å²) in [6, 6.07) is 1.84. The number of aromatic nitrogens is 2. The van der Waals surface area contributed by atoms with Gasteiger partial charge in [0.05, 0.1) is 12.7 Å². The van der Waals surface area contributed by atoms with E-state index < -0.39 is 0 Å².